The molecule has 0 atom stereocenters. The van der Waals surface area contributed by atoms with Crippen molar-refractivity contribution in [1.82, 2.24) is 9.88 Å². The minimum Gasteiger partial charge on any atom is -0.467 e. The summed E-state index contributed by atoms with van der Waals surface area (Å²) in [4.78, 5) is 18.2. The fourth-order valence-electron chi connectivity index (χ4n) is 1.80. The van der Waals surface area contributed by atoms with Gasteiger partial charge in [-0.25, -0.2) is 0 Å². The van der Waals surface area contributed by atoms with E-state index in [0.29, 0.717) is 31.0 Å². The molecule has 0 saturated heterocycles. The molecule has 7 heteroatoms. The lowest BCUT2D eigenvalue weighted by Crippen LogP contribution is -2.30. The van der Waals surface area contributed by atoms with Gasteiger partial charge in [-0.3, -0.25) is 9.78 Å². The van der Waals surface area contributed by atoms with E-state index in [2.05, 4.69) is 4.98 Å². The van der Waals surface area contributed by atoms with E-state index in [-0.39, 0.29) is 30.7 Å². The molecule has 2 heterocycles. The Hall–Kier alpha value is -1.56. The minimum atomic E-state index is -0.0726. The Kier molecular flexibility index (Phi) is 8.69. The Balaban J connectivity index is 0.00000200. The highest BCUT2D eigenvalue weighted by Crippen LogP contribution is 2.12. The maximum absolute atomic E-state index is 12.3. The summed E-state index contributed by atoms with van der Waals surface area (Å²) in [7, 11) is 0. The van der Waals surface area contributed by atoms with E-state index in [9.17, 15) is 4.79 Å². The van der Waals surface area contributed by atoms with E-state index in [1.165, 1.54) is 6.26 Å². The van der Waals surface area contributed by atoms with Crippen molar-refractivity contribution in [3.63, 3.8) is 0 Å². The van der Waals surface area contributed by atoms with Gasteiger partial charge in [0, 0.05) is 12.7 Å². The first-order chi connectivity index (χ1) is 9.24. The Morgan fingerprint density at radius 3 is 2.67 bits per heavy atom. The highest BCUT2D eigenvalue weighted by Gasteiger charge is 2.17. The number of halogens is 2. The molecule has 0 saturated carbocycles. The molecule has 0 fully saturated rings. The molecule has 0 radical (unpaired) electrons. The number of hydrogen-bond donors (Lipinski definition) is 1. The molecule has 0 unspecified atom stereocenters. The Bertz CT molecular complexity index is 546. The third-order valence-corrected chi connectivity index (χ3v) is 2.85. The lowest BCUT2D eigenvalue weighted by atomic mass is 10.2. The van der Waals surface area contributed by atoms with Crippen LogP contribution in [0.4, 0.5) is 0 Å². The average Bonchev–Trinajstić information content (AvgIpc) is 2.94. The molecule has 5 nitrogen and oxygen atoms in total. The molecule has 2 rings (SSSR count). The van der Waals surface area contributed by atoms with Crippen molar-refractivity contribution >= 4 is 30.7 Å². The van der Waals surface area contributed by atoms with Gasteiger partial charge in [-0.1, -0.05) is 6.07 Å². The summed E-state index contributed by atoms with van der Waals surface area (Å²) >= 11 is 0. The molecular formula is C14H19Cl2N3O2. The van der Waals surface area contributed by atoms with Crippen molar-refractivity contribution in [2.24, 2.45) is 5.73 Å². The number of nitrogens with zero attached hydrogens (tertiary/aromatic N) is 2. The van der Waals surface area contributed by atoms with Crippen LogP contribution in [0.1, 0.15) is 28.7 Å². The van der Waals surface area contributed by atoms with Gasteiger partial charge >= 0.3 is 0 Å². The van der Waals surface area contributed by atoms with Crippen LogP contribution in [0.2, 0.25) is 0 Å². The van der Waals surface area contributed by atoms with Gasteiger partial charge in [-0.15, -0.1) is 24.8 Å². The quantitative estimate of drug-likeness (QED) is 0.914. The molecule has 0 aliphatic rings. The lowest BCUT2D eigenvalue weighted by Gasteiger charge is -2.19. The second-order valence-corrected chi connectivity index (χ2v) is 4.15. The molecule has 2 aromatic rings. The standard InChI is InChI=1S/C14H17N3O2.2ClH/c1-2-17(9-12-5-3-4-6-16-12)14(18)11-7-13(8-15)19-10-11;;/h3-7,10H,2,8-9,15H2,1H3;2*1H. The largest absolute Gasteiger partial charge is 0.467 e. The van der Waals surface area contributed by atoms with Crippen molar-refractivity contribution in [1.29, 1.82) is 0 Å². The Morgan fingerprint density at radius 1 is 1.38 bits per heavy atom. The summed E-state index contributed by atoms with van der Waals surface area (Å²) in [6, 6.07) is 7.34. The SMILES string of the molecule is CCN(Cc1ccccn1)C(=O)c1coc(CN)c1.Cl.Cl. The van der Waals surface area contributed by atoms with Crippen molar-refractivity contribution in [2.45, 2.75) is 20.0 Å². The van der Waals surface area contributed by atoms with E-state index in [1.807, 2.05) is 25.1 Å². The van der Waals surface area contributed by atoms with E-state index in [4.69, 9.17) is 10.2 Å². The van der Waals surface area contributed by atoms with Gasteiger partial charge in [0.05, 0.1) is 24.3 Å². The number of amides is 1. The number of rotatable bonds is 5. The van der Waals surface area contributed by atoms with Crippen LogP contribution in [-0.2, 0) is 13.1 Å². The van der Waals surface area contributed by atoms with Gasteiger partial charge in [0.15, 0.2) is 0 Å². The fraction of sp³-hybridized carbons (Fsp3) is 0.286. The lowest BCUT2D eigenvalue weighted by molar-refractivity contribution is 0.0750. The summed E-state index contributed by atoms with van der Waals surface area (Å²) < 4.78 is 5.19. The molecule has 2 N–H and O–H groups in total. The molecule has 0 aliphatic carbocycles. The van der Waals surface area contributed by atoms with Crippen molar-refractivity contribution in [3.8, 4) is 0 Å². The molecule has 0 aromatic carbocycles. The molecule has 0 spiro atoms. The van der Waals surface area contributed by atoms with Crippen LogP contribution in [-0.4, -0.2) is 22.3 Å². The molecule has 1 amide bonds. The normalized spacial score (nSPS) is 9.43. The van der Waals surface area contributed by atoms with Gasteiger partial charge in [0.2, 0.25) is 0 Å². The predicted molar refractivity (Wildman–Crippen MR) is 85.7 cm³/mol. The van der Waals surface area contributed by atoms with E-state index < -0.39 is 0 Å². The van der Waals surface area contributed by atoms with E-state index in [1.54, 1.807) is 17.2 Å². The molecule has 0 aliphatic heterocycles. The summed E-state index contributed by atoms with van der Waals surface area (Å²) in [6.07, 6.45) is 3.17. The summed E-state index contributed by atoms with van der Waals surface area (Å²) in [5, 5.41) is 0. The van der Waals surface area contributed by atoms with E-state index in [0.717, 1.165) is 5.69 Å². The predicted octanol–water partition coefficient (Wildman–Crippen LogP) is 2.64. The zero-order valence-corrected chi connectivity index (χ0v) is 13.3. The third kappa shape index (κ3) is 5.04. The topological polar surface area (TPSA) is 72.4 Å². The van der Waals surface area contributed by atoms with Gasteiger partial charge in [-0.2, -0.15) is 0 Å². The first-order valence-electron chi connectivity index (χ1n) is 6.21. The monoisotopic (exact) mass is 331 g/mol. The summed E-state index contributed by atoms with van der Waals surface area (Å²) in [5.41, 5.74) is 6.85. The highest BCUT2D eigenvalue weighted by molar-refractivity contribution is 5.94. The van der Waals surface area contributed by atoms with Gasteiger partial charge < -0.3 is 15.1 Å². The van der Waals surface area contributed by atoms with Crippen LogP contribution in [0.3, 0.4) is 0 Å². The number of hydrogen-bond acceptors (Lipinski definition) is 4. The number of carbonyl (C=O) groups is 1. The first kappa shape index (κ1) is 19.4. The van der Waals surface area contributed by atoms with Gasteiger partial charge in [0.25, 0.3) is 5.91 Å². The van der Waals surface area contributed by atoms with Crippen molar-refractivity contribution in [3.05, 3.63) is 53.7 Å². The van der Waals surface area contributed by atoms with E-state index >= 15 is 0 Å². The second kappa shape index (κ2) is 9.39. The number of nitrogens with two attached hydrogens (primary N) is 1. The average molecular weight is 332 g/mol. The molecule has 116 valence electrons. The zero-order chi connectivity index (χ0) is 13.7. The molecule has 0 bridgehead atoms. The first-order valence-corrected chi connectivity index (χ1v) is 6.21. The van der Waals surface area contributed by atoms with Crippen LogP contribution < -0.4 is 5.73 Å². The Morgan fingerprint density at radius 2 is 2.14 bits per heavy atom. The summed E-state index contributed by atoms with van der Waals surface area (Å²) in [6.45, 7) is 3.32. The number of pyridine rings is 1. The van der Waals surface area contributed by atoms with Crippen LogP contribution in [0.15, 0.2) is 41.1 Å². The third-order valence-electron chi connectivity index (χ3n) is 2.85. The zero-order valence-electron chi connectivity index (χ0n) is 11.7. The van der Waals surface area contributed by atoms with Crippen LogP contribution in [0, 0.1) is 0 Å². The molecule has 21 heavy (non-hydrogen) atoms. The fourth-order valence-corrected chi connectivity index (χ4v) is 1.80. The van der Waals surface area contributed by atoms with Crippen LogP contribution in [0.25, 0.3) is 0 Å². The maximum Gasteiger partial charge on any atom is 0.257 e. The second-order valence-electron chi connectivity index (χ2n) is 4.15. The van der Waals surface area contributed by atoms with Gasteiger partial charge in [0.1, 0.15) is 12.0 Å². The number of furan rings is 1. The number of aromatic nitrogens is 1. The smallest absolute Gasteiger partial charge is 0.257 e. The van der Waals surface area contributed by atoms with Crippen molar-refractivity contribution < 1.29 is 9.21 Å². The summed E-state index contributed by atoms with van der Waals surface area (Å²) in [5.74, 6) is 0.536. The maximum atomic E-state index is 12.3. The van der Waals surface area contributed by atoms with Crippen LogP contribution >= 0.6 is 24.8 Å². The highest BCUT2D eigenvalue weighted by atomic mass is 35.5. The molecule has 2 aromatic heterocycles. The Labute approximate surface area is 136 Å². The number of carbonyl (C=O) groups excluding carboxylic acids is 1. The van der Waals surface area contributed by atoms with Crippen molar-refractivity contribution in [2.75, 3.05) is 6.54 Å². The van der Waals surface area contributed by atoms with Crippen LogP contribution in [0.5, 0.6) is 0 Å². The van der Waals surface area contributed by atoms with Gasteiger partial charge in [-0.05, 0) is 25.1 Å². The molecular weight excluding hydrogens is 313 g/mol. The minimum absolute atomic E-state index is 0.